The van der Waals surface area contributed by atoms with Gasteiger partial charge >= 0.3 is 0 Å². The van der Waals surface area contributed by atoms with Crippen molar-refractivity contribution in [3.8, 4) is 0 Å². The molecule has 0 radical (unpaired) electrons. The molecule has 0 saturated heterocycles. The molecule has 3 rings (SSSR count). The number of rotatable bonds is 4. The minimum Gasteiger partial charge on any atom is -0.351 e. The predicted molar refractivity (Wildman–Crippen MR) is 90.0 cm³/mol. The van der Waals surface area contributed by atoms with E-state index < -0.39 is 17.2 Å². The normalized spacial score (nSPS) is 13.4. The molecule has 0 bridgehead atoms. The van der Waals surface area contributed by atoms with Crippen molar-refractivity contribution in [1.29, 1.82) is 0 Å². The van der Waals surface area contributed by atoms with E-state index in [0.29, 0.717) is 5.56 Å². The third kappa shape index (κ3) is 3.15. The van der Waals surface area contributed by atoms with Gasteiger partial charge in [-0.05, 0) is 29.8 Å². The number of benzene rings is 2. The van der Waals surface area contributed by atoms with Crippen LogP contribution in [0.2, 0.25) is 0 Å². The lowest BCUT2D eigenvalue weighted by atomic mass is 9.84. The number of nitrogens with one attached hydrogen (secondary N) is 2. The third-order valence-electron chi connectivity index (χ3n) is 4.29. The molecule has 2 N–H and O–H groups in total. The zero-order chi connectivity index (χ0) is 18.2. The van der Waals surface area contributed by atoms with Gasteiger partial charge in [0.1, 0.15) is 5.82 Å². The number of fused-ring (bicyclic) bond motifs is 1. The average molecular weight is 340 g/mol. The van der Waals surface area contributed by atoms with Gasteiger partial charge in [-0.1, -0.05) is 32.0 Å². The van der Waals surface area contributed by atoms with E-state index in [1.165, 1.54) is 24.3 Å². The molecule has 2 aromatic rings. The zero-order valence-electron chi connectivity index (χ0n) is 13.9. The fourth-order valence-corrected chi connectivity index (χ4v) is 2.82. The standard InChI is InChI=1S/C19H17FN2O3/c1-19(2,14-5-3-4-6-15(14)20)10-21-16(23)11-7-8-12-13(9-11)18(25)22-17(12)24/h3-9H,10H2,1-2H3,(H,21,23)(H,22,24,25). The van der Waals surface area contributed by atoms with Gasteiger partial charge in [0.2, 0.25) is 0 Å². The van der Waals surface area contributed by atoms with Crippen LogP contribution in [0.3, 0.4) is 0 Å². The van der Waals surface area contributed by atoms with Crippen LogP contribution in [0.15, 0.2) is 42.5 Å². The monoisotopic (exact) mass is 340 g/mol. The van der Waals surface area contributed by atoms with Crippen molar-refractivity contribution < 1.29 is 18.8 Å². The lowest BCUT2D eigenvalue weighted by Gasteiger charge is -2.26. The summed E-state index contributed by atoms with van der Waals surface area (Å²) in [5.74, 6) is -1.69. The number of hydrogen-bond acceptors (Lipinski definition) is 3. The second kappa shape index (κ2) is 6.12. The Balaban J connectivity index is 1.75. The minimum absolute atomic E-state index is 0.186. The molecule has 1 aliphatic rings. The van der Waals surface area contributed by atoms with Gasteiger partial charge in [-0.2, -0.15) is 0 Å². The third-order valence-corrected chi connectivity index (χ3v) is 4.29. The van der Waals surface area contributed by atoms with Gasteiger partial charge in [0.05, 0.1) is 11.1 Å². The SMILES string of the molecule is CC(C)(CNC(=O)c1ccc2c(c1)C(=O)NC2=O)c1ccccc1F. The van der Waals surface area contributed by atoms with Gasteiger partial charge in [-0.15, -0.1) is 0 Å². The van der Waals surface area contributed by atoms with Crippen LogP contribution in [-0.2, 0) is 5.41 Å². The highest BCUT2D eigenvalue weighted by molar-refractivity contribution is 6.22. The highest BCUT2D eigenvalue weighted by atomic mass is 19.1. The smallest absolute Gasteiger partial charge is 0.258 e. The molecule has 0 unspecified atom stereocenters. The maximum Gasteiger partial charge on any atom is 0.258 e. The molecule has 128 valence electrons. The number of hydrogen-bond donors (Lipinski definition) is 2. The van der Waals surface area contributed by atoms with Crippen molar-refractivity contribution in [2.75, 3.05) is 6.54 Å². The van der Waals surface area contributed by atoms with Crippen LogP contribution in [0, 0.1) is 5.82 Å². The summed E-state index contributed by atoms with van der Waals surface area (Å²) in [7, 11) is 0. The minimum atomic E-state index is -0.606. The van der Waals surface area contributed by atoms with Crippen LogP contribution in [0.4, 0.5) is 4.39 Å². The van der Waals surface area contributed by atoms with Gasteiger partial charge in [0.15, 0.2) is 0 Å². The maximum atomic E-state index is 14.0. The first-order valence-electron chi connectivity index (χ1n) is 7.82. The Bertz CT molecular complexity index is 890. The molecule has 0 fully saturated rings. The Morgan fingerprint density at radius 2 is 1.76 bits per heavy atom. The maximum absolute atomic E-state index is 14.0. The zero-order valence-corrected chi connectivity index (χ0v) is 13.9. The first kappa shape index (κ1) is 16.8. The molecule has 0 spiro atoms. The highest BCUT2D eigenvalue weighted by Gasteiger charge is 2.28. The predicted octanol–water partition coefficient (Wildman–Crippen LogP) is 2.42. The van der Waals surface area contributed by atoms with Crippen LogP contribution in [0.1, 0.15) is 50.5 Å². The average Bonchev–Trinajstić information content (AvgIpc) is 2.87. The number of halogens is 1. The van der Waals surface area contributed by atoms with Crippen LogP contribution < -0.4 is 10.6 Å². The van der Waals surface area contributed by atoms with Gasteiger partial charge in [-0.3, -0.25) is 19.7 Å². The number of carbonyl (C=O) groups is 3. The molecule has 0 atom stereocenters. The van der Waals surface area contributed by atoms with Gasteiger partial charge in [0, 0.05) is 17.5 Å². The fraction of sp³-hybridized carbons (Fsp3) is 0.211. The van der Waals surface area contributed by atoms with Crippen molar-refractivity contribution in [2.45, 2.75) is 19.3 Å². The first-order valence-corrected chi connectivity index (χ1v) is 7.82. The molecule has 1 heterocycles. The van der Waals surface area contributed by atoms with Gasteiger partial charge in [-0.25, -0.2) is 4.39 Å². The number of amides is 3. The summed E-state index contributed by atoms with van der Waals surface area (Å²) < 4.78 is 14.0. The molecule has 3 amide bonds. The molecule has 0 aliphatic carbocycles. The van der Waals surface area contributed by atoms with Crippen LogP contribution in [0.25, 0.3) is 0 Å². The Morgan fingerprint density at radius 3 is 2.48 bits per heavy atom. The molecular formula is C19H17FN2O3. The van der Waals surface area contributed by atoms with E-state index in [9.17, 15) is 18.8 Å². The van der Waals surface area contributed by atoms with E-state index in [0.717, 1.165) is 0 Å². The molecule has 0 saturated carbocycles. The largest absolute Gasteiger partial charge is 0.351 e. The molecule has 25 heavy (non-hydrogen) atoms. The molecule has 1 aliphatic heterocycles. The Hall–Kier alpha value is -3.02. The van der Waals surface area contributed by atoms with Crippen molar-refractivity contribution >= 4 is 17.7 Å². The topological polar surface area (TPSA) is 75.3 Å². The van der Waals surface area contributed by atoms with Crippen molar-refractivity contribution in [2.24, 2.45) is 0 Å². The Labute approximate surface area is 144 Å². The number of carbonyl (C=O) groups excluding carboxylic acids is 3. The summed E-state index contributed by atoms with van der Waals surface area (Å²) in [6.07, 6.45) is 0. The van der Waals surface area contributed by atoms with Crippen LogP contribution >= 0.6 is 0 Å². The van der Waals surface area contributed by atoms with E-state index in [1.54, 1.807) is 18.2 Å². The summed E-state index contributed by atoms with van der Waals surface area (Å²) in [4.78, 5) is 35.6. The Morgan fingerprint density at radius 1 is 1.08 bits per heavy atom. The summed E-state index contributed by atoms with van der Waals surface area (Å²) >= 11 is 0. The summed E-state index contributed by atoms with van der Waals surface area (Å²) in [5, 5.41) is 4.94. The van der Waals surface area contributed by atoms with E-state index in [2.05, 4.69) is 10.6 Å². The van der Waals surface area contributed by atoms with Gasteiger partial charge < -0.3 is 5.32 Å². The van der Waals surface area contributed by atoms with Crippen LogP contribution in [0.5, 0.6) is 0 Å². The van der Waals surface area contributed by atoms with Crippen molar-refractivity contribution in [1.82, 2.24) is 10.6 Å². The van der Waals surface area contributed by atoms with Crippen LogP contribution in [-0.4, -0.2) is 24.3 Å². The molecule has 5 nitrogen and oxygen atoms in total. The van der Waals surface area contributed by atoms with Gasteiger partial charge in [0.25, 0.3) is 17.7 Å². The molecule has 6 heteroatoms. The Kier molecular flexibility index (Phi) is 4.12. The lowest BCUT2D eigenvalue weighted by Crippen LogP contribution is -2.37. The molecule has 2 aromatic carbocycles. The summed E-state index contributed by atoms with van der Waals surface area (Å²) in [5.41, 5.74) is 0.617. The fourth-order valence-electron chi connectivity index (χ4n) is 2.82. The number of imide groups is 1. The molecule has 0 aromatic heterocycles. The lowest BCUT2D eigenvalue weighted by molar-refractivity contribution is 0.0878. The molecular weight excluding hydrogens is 323 g/mol. The van der Waals surface area contributed by atoms with Crippen molar-refractivity contribution in [3.63, 3.8) is 0 Å². The van der Waals surface area contributed by atoms with E-state index in [4.69, 9.17) is 0 Å². The van der Waals surface area contributed by atoms with Crippen molar-refractivity contribution in [3.05, 3.63) is 70.5 Å². The first-order chi connectivity index (χ1) is 11.8. The van der Waals surface area contributed by atoms with E-state index >= 15 is 0 Å². The second-order valence-electron chi connectivity index (χ2n) is 6.59. The highest BCUT2D eigenvalue weighted by Crippen LogP contribution is 2.25. The summed E-state index contributed by atoms with van der Waals surface area (Å²) in [6.45, 7) is 3.88. The summed E-state index contributed by atoms with van der Waals surface area (Å²) in [6, 6.07) is 10.8. The van der Waals surface area contributed by atoms with E-state index in [-0.39, 0.29) is 35.0 Å². The second-order valence-corrected chi connectivity index (χ2v) is 6.59. The van der Waals surface area contributed by atoms with E-state index in [1.807, 2.05) is 13.8 Å². The quantitative estimate of drug-likeness (QED) is 0.840.